The van der Waals surface area contributed by atoms with E-state index in [0.29, 0.717) is 5.56 Å². The molecule has 0 spiro atoms. The topological polar surface area (TPSA) is 96.3 Å². The molecule has 0 saturated carbocycles. The number of carbonyl (C=O) groups excluding carboxylic acids is 1. The lowest BCUT2D eigenvalue weighted by atomic mass is 9.97. The fourth-order valence-corrected chi connectivity index (χ4v) is 4.59. The number of esters is 1. The first-order valence-corrected chi connectivity index (χ1v) is 13.6. The minimum Gasteiger partial charge on any atom is -0.449 e. The van der Waals surface area contributed by atoms with E-state index in [2.05, 4.69) is 0 Å². The number of alkyl halides is 3. The standard InChI is InChI=1S/C29H26Cl3NO7/c30-29(31,32)28(33)40-27-24(38-25(34)19-12-6-2-7-13-19)23(35-16-18-10-4-1-5-11-18)22-21(37-27)17-36-26(39-22)20-14-8-3-9-15-20/h1-15,21-24,26-27,33H,16-17H2/t21-,22+,23-,24+,26?,27-/m0/s1. The second-order valence-electron chi connectivity index (χ2n) is 9.16. The summed E-state index contributed by atoms with van der Waals surface area (Å²) in [6, 6.07) is 27.4. The molecule has 1 N–H and O–H groups in total. The Labute approximate surface area is 246 Å². The first kappa shape index (κ1) is 28.8. The molecule has 210 valence electrons. The Kier molecular flexibility index (Phi) is 9.27. The summed E-state index contributed by atoms with van der Waals surface area (Å²) in [6.07, 6.45) is -5.64. The third-order valence-electron chi connectivity index (χ3n) is 6.38. The third-order valence-corrected chi connectivity index (χ3v) is 6.90. The first-order valence-electron chi connectivity index (χ1n) is 12.5. The quantitative estimate of drug-likeness (QED) is 0.153. The Bertz CT molecular complexity index is 1280. The summed E-state index contributed by atoms with van der Waals surface area (Å²) in [7, 11) is 0. The van der Waals surface area contributed by atoms with Crippen LogP contribution >= 0.6 is 34.8 Å². The summed E-state index contributed by atoms with van der Waals surface area (Å²) < 4.78 is 34.2. The van der Waals surface area contributed by atoms with E-state index < -0.39 is 52.7 Å². The van der Waals surface area contributed by atoms with Gasteiger partial charge in [-0.2, -0.15) is 0 Å². The van der Waals surface area contributed by atoms with E-state index in [-0.39, 0.29) is 13.2 Å². The molecule has 8 nitrogen and oxygen atoms in total. The second-order valence-corrected chi connectivity index (χ2v) is 11.4. The molecule has 6 atom stereocenters. The van der Waals surface area contributed by atoms with Gasteiger partial charge < -0.3 is 28.4 Å². The molecule has 0 aromatic heterocycles. The summed E-state index contributed by atoms with van der Waals surface area (Å²) in [6.45, 7) is 0.276. The van der Waals surface area contributed by atoms with Crippen LogP contribution in [0.1, 0.15) is 27.8 Å². The van der Waals surface area contributed by atoms with Crippen molar-refractivity contribution in [2.24, 2.45) is 0 Å². The lowest BCUT2D eigenvalue weighted by Crippen LogP contribution is -2.64. The molecule has 2 aliphatic rings. The Hall–Kier alpha value is -2.69. The number of halogens is 3. The van der Waals surface area contributed by atoms with Crippen molar-refractivity contribution in [2.75, 3.05) is 6.61 Å². The lowest BCUT2D eigenvalue weighted by molar-refractivity contribution is -0.357. The van der Waals surface area contributed by atoms with E-state index in [1.54, 1.807) is 30.3 Å². The van der Waals surface area contributed by atoms with Gasteiger partial charge >= 0.3 is 5.97 Å². The third kappa shape index (κ3) is 6.95. The summed E-state index contributed by atoms with van der Waals surface area (Å²) >= 11 is 17.7. The number of hydrogen-bond donors (Lipinski definition) is 1. The molecule has 2 heterocycles. The Morgan fingerprint density at radius 2 is 1.48 bits per heavy atom. The highest BCUT2D eigenvalue weighted by Crippen LogP contribution is 2.38. The number of hydrogen-bond acceptors (Lipinski definition) is 8. The highest BCUT2D eigenvalue weighted by Gasteiger charge is 2.54. The highest BCUT2D eigenvalue weighted by molar-refractivity contribution is 6.76. The molecule has 40 heavy (non-hydrogen) atoms. The van der Waals surface area contributed by atoms with Crippen LogP contribution < -0.4 is 0 Å². The van der Waals surface area contributed by atoms with Crippen molar-refractivity contribution < 1.29 is 33.2 Å². The lowest BCUT2D eigenvalue weighted by Gasteiger charge is -2.48. The summed E-state index contributed by atoms with van der Waals surface area (Å²) in [5.74, 6) is -1.36. The van der Waals surface area contributed by atoms with E-state index in [0.717, 1.165) is 11.1 Å². The molecule has 5 rings (SSSR count). The van der Waals surface area contributed by atoms with Gasteiger partial charge in [0, 0.05) is 5.56 Å². The first-order chi connectivity index (χ1) is 19.3. The van der Waals surface area contributed by atoms with Crippen LogP contribution in [0.5, 0.6) is 0 Å². The molecular weight excluding hydrogens is 581 g/mol. The molecule has 0 bridgehead atoms. The van der Waals surface area contributed by atoms with Crippen LogP contribution in [0.25, 0.3) is 0 Å². The molecule has 0 aliphatic carbocycles. The van der Waals surface area contributed by atoms with Crippen LogP contribution in [0.2, 0.25) is 0 Å². The zero-order valence-corrected chi connectivity index (χ0v) is 23.3. The average Bonchev–Trinajstić information content (AvgIpc) is 2.97. The zero-order chi connectivity index (χ0) is 28.1. The van der Waals surface area contributed by atoms with Crippen molar-refractivity contribution in [3.63, 3.8) is 0 Å². The van der Waals surface area contributed by atoms with E-state index in [9.17, 15) is 4.79 Å². The Morgan fingerprint density at radius 1 is 0.850 bits per heavy atom. The number of carbonyl (C=O) groups is 1. The SMILES string of the molecule is N=C(O[C@@H]1O[C@H]2COC(c3ccccc3)O[C@H]2[C@H](OCc2ccccc2)[C@H]1OC(=O)c1ccccc1)C(Cl)(Cl)Cl. The van der Waals surface area contributed by atoms with Gasteiger partial charge in [0.1, 0.15) is 18.3 Å². The molecule has 0 radical (unpaired) electrons. The monoisotopic (exact) mass is 605 g/mol. The number of nitrogens with one attached hydrogen (secondary N) is 1. The largest absolute Gasteiger partial charge is 0.449 e. The molecule has 1 unspecified atom stereocenters. The summed E-state index contributed by atoms with van der Waals surface area (Å²) in [5, 5.41) is 8.15. The number of fused-ring (bicyclic) bond motifs is 1. The predicted molar refractivity (Wildman–Crippen MR) is 148 cm³/mol. The van der Waals surface area contributed by atoms with E-state index >= 15 is 0 Å². The van der Waals surface area contributed by atoms with Crippen molar-refractivity contribution in [1.82, 2.24) is 0 Å². The average molecular weight is 607 g/mol. The van der Waals surface area contributed by atoms with E-state index in [1.165, 1.54) is 0 Å². The fraction of sp³-hybridized carbons (Fsp3) is 0.310. The predicted octanol–water partition coefficient (Wildman–Crippen LogP) is 6.00. The van der Waals surface area contributed by atoms with E-state index in [4.69, 9.17) is 68.6 Å². The highest BCUT2D eigenvalue weighted by atomic mass is 35.6. The summed E-state index contributed by atoms with van der Waals surface area (Å²) in [4.78, 5) is 13.2. The molecule has 11 heteroatoms. The van der Waals surface area contributed by atoms with Crippen LogP contribution in [0.15, 0.2) is 91.0 Å². The van der Waals surface area contributed by atoms with Gasteiger partial charge in [-0.1, -0.05) is 114 Å². The van der Waals surface area contributed by atoms with Crippen LogP contribution in [0.4, 0.5) is 0 Å². The maximum atomic E-state index is 13.2. The van der Waals surface area contributed by atoms with Gasteiger partial charge in [-0.25, -0.2) is 4.79 Å². The van der Waals surface area contributed by atoms with Crippen molar-refractivity contribution in [3.05, 3.63) is 108 Å². The Balaban J connectivity index is 1.47. The van der Waals surface area contributed by atoms with Crippen LogP contribution in [0, 0.1) is 5.41 Å². The van der Waals surface area contributed by atoms with Crippen LogP contribution in [-0.2, 0) is 35.0 Å². The van der Waals surface area contributed by atoms with Gasteiger partial charge in [0.15, 0.2) is 12.4 Å². The molecule has 3 aromatic rings. The Morgan fingerprint density at radius 3 is 2.12 bits per heavy atom. The molecule has 2 aliphatic heterocycles. The van der Waals surface area contributed by atoms with Crippen molar-refractivity contribution in [1.29, 1.82) is 5.41 Å². The smallest absolute Gasteiger partial charge is 0.338 e. The van der Waals surface area contributed by atoms with Crippen LogP contribution in [-0.4, -0.2) is 53.0 Å². The molecule has 2 fully saturated rings. The number of benzene rings is 3. The van der Waals surface area contributed by atoms with Gasteiger partial charge in [-0.3, -0.25) is 5.41 Å². The maximum Gasteiger partial charge on any atom is 0.338 e. The molecule has 3 aromatic carbocycles. The van der Waals surface area contributed by atoms with Gasteiger partial charge in [0.25, 0.3) is 3.79 Å². The minimum absolute atomic E-state index is 0.107. The molecule has 0 amide bonds. The van der Waals surface area contributed by atoms with Crippen molar-refractivity contribution >= 4 is 46.7 Å². The normalized spacial score (nSPS) is 26.4. The number of rotatable bonds is 7. The van der Waals surface area contributed by atoms with Gasteiger partial charge in [-0.05, 0) is 17.7 Å². The molecular formula is C29H26Cl3NO7. The van der Waals surface area contributed by atoms with Crippen molar-refractivity contribution in [3.8, 4) is 0 Å². The van der Waals surface area contributed by atoms with Gasteiger partial charge in [0.2, 0.25) is 12.2 Å². The fourth-order valence-electron chi connectivity index (χ4n) is 4.45. The minimum atomic E-state index is -2.17. The van der Waals surface area contributed by atoms with Crippen LogP contribution in [0.3, 0.4) is 0 Å². The van der Waals surface area contributed by atoms with Gasteiger partial charge in [-0.15, -0.1) is 0 Å². The van der Waals surface area contributed by atoms with Crippen molar-refractivity contribution in [2.45, 2.75) is 47.4 Å². The van der Waals surface area contributed by atoms with E-state index in [1.807, 2.05) is 60.7 Å². The number of ether oxygens (including phenoxy) is 6. The van der Waals surface area contributed by atoms with Gasteiger partial charge in [0.05, 0.1) is 18.8 Å². The second kappa shape index (κ2) is 12.9. The maximum absolute atomic E-state index is 13.2. The molecule has 2 saturated heterocycles. The zero-order valence-electron chi connectivity index (χ0n) is 21.0. The summed E-state index contributed by atoms with van der Waals surface area (Å²) in [5.41, 5.74) is 1.99.